The summed E-state index contributed by atoms with van der Waals surface area (Å²) in [6.45, 7) is 5.14. The maximum Gasteiger partial charge on any atom is 0.270 e. The molecule has 0 saturated heterocycles. The molecule has 1 aliphatic carbocycles. The molecule has 3 heterocycles. The van der Waals surface area contributed by atoms with Crippen molar-refractivity contribution in [2.24, 2.45) is 0 Å². The monoisotopic (exact) mass is 356 g/mol. The van der Waals surface area contributed by atoms with Gasteiger partial charge in [-0.3, -0.25) is 4.79 Å². The van der Waals surface area contributed by atoms with E-state index in [-0.39, 0.29) is 11.8 Å². The van der Waals surface area contributed by atoms with Crippen LogP contribution in [0.25, 0.3) is 0 Å². The molecule has 1 saturated carbocycles. The smallest absolute Gasteiger partial charge is 0.270 e. The summed E-state index contributed by atoms with van der Waals surface area (Å²) in [4.78, 5) is 28.0. The third kappa shape index (κ3) is 3.04. The molecule has 138 valence electrons. The van der Waals surface area contributed by atoms with Crippen LogP contribution < -0.4 is 10.2 Å². The molecule has 0 aromatic carbocycles. The SMILES string of the molecule is CC(C)c1nc2c(c(N(C)Cc3noc(C4CCC4)n3)n1)CCNC2=O. The zero-order valence-electron chi connectivity index (χ0n) is 15.4. The summed E-state index contributed by atoms with van der Waals surface area (Å²) < 4.78 is 5.41. The lowest BCUT2D eigenvalue weighted by molar-refractivity contribution is 0.0940. The zero-order chi connectivity index (χ0) is 18.3. The lowest BCUT2D eigenvalue weighted by Crippen LogP contribution is -2.35. The molecule has 1 fully saturated rings. The van der Waals surface area contributed by atoms with Crippen molar-refractivity contribution in [3.05, 3.63) is 28.8 Å². The number of rotatable bonds is 5. The van der Waals surface area contributed by atoms with Gasteiger partial charge in [-0.15, -0.1) is 0 Å². The van der Waals surface area contributed by atoms with Crippen molar-refractivity contribution < 1.29 is 9.32 Å². The summed E-state index contributed by atoms with van der Waals surface area (Å²) in [5.41, 5.74) is 1.38. The van der Waals surface area contributed by atoms with E-state index in [1.165, 1.54) is 6.42 Å². The first-order valence-electron chi connectivity index (χ1n) is 9.25. The number of fused-ring (bicyclic) bond motifs is 1. The Morgan fingerprint density at radius 2 is 2.08 bits per heavy atom. The normalized spacial score (nSPS) is 17.0. The number of aromatic nitrogens is 4. The molecule has 0 bridgehead atoms. The third-order valence-corrected chi connectivity index (χ3v) is 5.07. The molecular formula is C18H24N6O2. The second-order valence-corrected chi connectivity index (χ2v) is 7.43. The van der Waals surface area contributed by atoms with E-state index in [9.17, 15) is 4.79 Å². The highest BCUT2D eigenvalue weighted by Gasteiger charge is 2.28. The van der Waals surface area contributed by atoms with Crippen molar-refractivity contribution in [1.82, 2.24) is 25.4 Å². The molecule has 0 radical (unpaired) electrons. The molecule has 2 aromatic heterocycles. The minimum atomic E-state index is -0.128. The fraction of sp³-hybridized carbons (Fsp3) is 0.611. The van der Waals surface area contributed by atoms with Crippen molar-refractivity contribution in [2.75, 3.05) is 18.5 Å². The van der Waals surface area contributed by atoms with Crippen LogP contribution in [-0.2, 0) is 13.0 Å². The molecule has 1 N–H and O–H groups in total. The Labute approximate surface area is 152 Å². The topological polar surface area (TPSA) is 97.0 Å². The number of nitrogens with one attached hydrogen (secondary N) is 1. The lowest BCUT2D eigenvalue weighted by atomic mass is 9.85. The minimum absolute atomic E-state index is 0.128. The maximum atomic E-state index is 12.3. The Hall–Kier alpha value is -2.51. The fourth-order valence-electron chi connectivity index (χ4n) is 3.31. The second kappa shape index (κ2) is 6.66. The second-order valence-electron chi connectivity index (χ2n) is 7.43. The van der Waals surface area contributed by atoms with Gasteiger partial charge in [0.15, 0.2) is 5.82 Å². The molecule has 1 amide bonds. The Kier molecular flexibility index (Phi) is 4.34. The van der Waals surface area contributed by atoms with Gasteiger partial charge in [0.1, 0.15) is 17.3 Å². The van der Waals surface area contributed by atoms with Gasteiger partial charge in [0.25, 0.3) is 5.91 Å². The van der Waals surface area contributed by atoms with Gasteiger partial charge in [0.05, 0.1) is 6.54 Å². The maximum absolute atomic E-state index is 12.3. The third-order valence-electron chi connectivity index (χ3n) is 5.07. The van der Waals surface area contributed by atoms with Gasteiger partial charge in [0, 0.05) is 31.0 Å². The van der Waals surface area contributed by atoms with Crippen LogP contribution in [0.15, 0.2) is 4.52 Å². The number of nitrogens with zero attached hydrogens (tertiary/aromatic N) is 5. The van der Waals surface area contributed by atoms with Crippen LogP contribution >= 0.6 is 0 Å². The van der Waals surface area contributed by atoms with Crippen LogP contribution in [0.3, 0.4) is 0 Å². The molecule has 8 heteroatoms. The average molecular weight is 356 g/mol. The van der Waals surface area contributed by atoms with Crippen LogP contribution in [-0.4, -0.2) is 39.6 Å². The van der Waals surface area contributed by atoms with Crippen LogP contribution in [0.2, 0.25) is 0 Å². The van der Waals surface area contributed by atoms with E-state index in [1.807, 2.05) is 25.8 Å². The molecule has 0 spiro atoms. The van der Waals surface area contributed by atoms with Gasteiger partial charge in [0.2, 0.25) is 5.89 Å². The summed E-state index contributed by atoms with van der Waals surface area (Å²) in [6.07, 6.45) is 4.21. The Balaban J connectivity index is 1.63. The number of carbonyl (C=O) groups excluding carboxylic acids is 1. The molecule has 2 aliphatic rings. The average Bonchev–Trinajstić information content (AvgIpc) is 3.00. The molecule has 2 aromatic rings. The molecular weight excluding hydrogens is 332 g/mol. The number of hydrogen-bond acceptors (Lipinski definition) is 7. The summed E-state index contributed by atoms with van der Waals surface area (Å²) in [5, 5.41) is 6.98. The fourth-order valence-corrected chi connectivity index (χ4v) is 3.31. The largest absolute Gasteiger partial charge is 0.352 e. The van der Waals surface area contributed by atoms with E-state index in [2.05, 4.69) is 20.4 Å². The predicted octanol–water partition coefficient (Wildman–Crippen LogP) is 2.17. The van der Waals surface area contributed by atoms with Gasteiger partial charge in [-0.1, -0.05) is 25.4 Å². The van der Waals surface area contributed by atoms with Crippen molar-refractivity contribution in [1.29, 1.82) is 0 Å². The standard InChI is InChI=1S/C18H24N6O2/c1-10(2)15-21-14-12(7-8-19-17(14)25)16(22-15)24(3)9-13-20-18(26-23-13)11-5-4-6-11/h10-11H,4-9H2,1-3H3,(H,19,25). The quantitative estimate of drug-likeness (QED) is 0.877. The van der Waals surface area contributed by atoms with Crippen LogP contribution in [0.5, 0.6) is 0 Å². The highest BCUT2D eigenvalue weighted by atomic mass is 16.5. The van der Waals surface area contributed by atoms with Gasteiger partial charge in [-0.25, -0.2) is 9.97 Å². The molecule has 26 heavy (non-hydrogen) atoms. The van der Waals surface area contributed by atoms with Gasteiger partial charge in [-0.2, -0.15) is 4.98 Å². The number of carbonyl (C=O) groups is 1. The lowest BCUT2D eigenvalue weighted by Gasteiger charge is -2.25. The first kappa shape index (κ1) is 16.9. The van der Waals surface area contributed by atoms with E-state index in [1.54, 1.807) is 0 Å². The summed E-state index contributed by atoms with van der Waals surface area (Å²) in [7, 11) is 1.94. The molecule has 0 atom stereocenters. The predicted molar refractivity (Wildman–Crippen MR) is 95.2 cm³/mol. The number of amides is 1. The molecule has 0 unspecified atom stereocenters. The van der Waals surface area contributed by atoms with Crippen molar-refractivity contribution >= 4 is 11.7 Å². The van der Waals surface area contributed by atoms with E-state index in [4.69, 9.17) is 9.51 Å². The Morgan fingerprint density at radius 3 is 2.77 bits per heavy atom. The van der Waals surface area contributed by atoms with E-state index in [0.717, 1.165) is 36.5 Å². The van der Waals surface area contributed by atoms with Crippen LogP contribution in [0, 0.1) is 0 Å². The highest BCUT2D eigenvalue weighted by molar-refractivity contribution is 5.96. The van der Waals surface area contributed by atoms with Crippen molar-refractivity contribution in [3.63, 3.8) is 0 Å². The van der Waals surface area contributed by atoms with E-state index >= 15 is 0 Å². The summed E-state index contributed by atoms with van der Waals surface area (Å²) in [5.74, 6) is 3.27. The number of hydrogen-bond donors (Lipinski definition) is 1. The van der Waals surface area contributed by atoms with E-state index < -0.39 is 0 Å². The summed E-state index contributed by atoms with van der Waals surface area (Å²) in [6, 6.07) is 0. The first-order chi connectivity index (χ1) is 12.5. The van der Waals surface area contributed by atoms with Crippen molar-refractivity contribution in [3.8, 4) is 0 Å². The van der Waals surface area contributed by atoms with E-state index in [0.29, 0.717) is 36.4 Å². The first-order valence-corrected chi connectivity index (χ1v) is 9.25. The molecule has 1 aliphatic heterocycles. The zero-order valence-corrected chi connectivity index (χ0v) is 15.4. The molecule has 8 nitrogen and oxygen atoms in total. The van der Waals surface area contributed by atoms with Gasteiger partial charge >= 0.3 is 0 Å². The molecule has 4 rings (SSSR count). The number of anilines is 1. The highest BCUT2D eigenvalue weighted by Crippen LogP contribution is 2.35. The van der Waals surface area contributed by atoms with Gasteiger partial charge < -0.3 is 14.7 Å². The Bertz CT molecular complexity index is 827. The van der Waals surface area contributed by atoms with Crippen LogP contribution in [0.1, 0.15) is 78.5 Å². The van der Waals surface area contributed by atoms with Crippen molar-refractivity contribution in [2.45, 2.75) is 57.9 Å². The minimum Gasteiger partial charge on any atom is -0.352 e. The Morgan fingerprint density at radius 1 is 1.27 bits per heavy atom. The van der Waals surface area contributed by atoms with Crippen LogP contribution in [0.4, 0.5) is 5.82 Å². The van der Waals surface area contributed by atoms with Gasteiger partial charge in [-0.05, 0) is 19.3 Å². The summed E-state index contributed by atoms with van der Waals surface area (Å²) >= 11 is 0.